The summed E-state index contributed by atoms with van der Waals surface area (Å²) in [6.07, 6.45) is -0.289. The second-order valence-electron chi connectivity index (χ2n) is 6.51. The molecule has 0 bridgehead atoms. The Bertz CT molecular complexity index is 1150. The number of ether oxygens (including phenoxy) is 1. The molecule has 0 aliphatic carbocycles. The molecule has 1 aliphatic heterocycles. The van der Waals surface area contributed by atoms with E-state index in [1.165, 1.54) is 0 Å². The Labute approximate surface area is 156 Å². The van der Waals surface area contributed by atoms with Crippen LogP contribution < -0.4 is 10.1 Å². The number of fused-ring (bicyclic) bond motifs is 5. The summed E-state index contributed by atoms with van der Waals surface area (Å²) < 4.78 is 7.73. The van der Waals surface area contributed by atoms with Crippen molar-refractivity contribution in [3.8, 4) is 22.9 Å². The lowest BCUT2D eigenvalue weighted by Crippen LogP contribution is -2.25. The van der Waals surface area contributed by atoms with Crippen LogP contribution in [0.15, 0.2) is 66.7 Å². The van der Waals surface area contributed by atoms with Crippen LogP contribution in [0.4, 0.5) is 5.69 Å². The molecule has 0 radical (unpaired) electrons. The van der Waals surface area contributed by atoms with Crippen molar-refractivity contribution in [2.45, 2.75) is 13.1 Å². The Morgan fingerprint density at radius 2 is 1.85 bits per heavy atom. The Hall–Kier alpha value is -3.47. The highest BCUT2D eigenvalue weighted by molar-refractivity contribution is 5.87. The van der Waals surface area contributed by atoms with Crippen LogP contribution in [0.2, 0.25) is 0 Å². The number of nitrogens with one attached hydrogen (secondary N) is 1. The maximum atomic E-state index is 10.9. The molecule has 1 aromatic heterocycles. The van der Waals surface area contributed by atoms with Gasteiger partial charge in [0.15, 0.2) is 11.5 Å². The summed E-state index contributed by atoms with van der Waals surface area (Å²) in [5, 5.41) is 14.4. The number of anilines is 1. The van der Waals surface area contributed by atoms with Gasteiger partial charge in [0.2, 0.25) is 0 Å². The van der Waals surface area contributed by atoms with Gasteiger partial charge in [0.25, 0.3) is 0 Å². The number of aromatic nitrogens is 2. The third-order valence-corrected chi connectivity index (χ3v) is 4.94. The Balaban J connectivity index is 1.78. The molecule has 0 fully saturated rings. The largest absolute Gasteiger partial charge is 0.504 e. The van der Waals surface area contributed by atoms with Crippen molar-refractivity contribution in [3.05, 3.63) is 72.3 Å². The van der Waals surface area contributed by atoms with E-state index in [-0.39, 0.29) is 11.9 Å². The molecule has 0 unspecified atom stereocenters. The number of imidazole rings is 1. The number of aromatic hydroxyl groups is 1. The first-order valence-electron chi connectivity index (χ1n) is 9.05. The molecule has 0 saturated carbocycles. The van der Waals surface area contributed by atoms with Crippen molar-refractivity contribution >= 4 is 16.7 Å². The molecule has 5 nitrogen and oxygen atoms in total. The Morgan fingerprint density at radius 3 is 2.74 bits per heavy atom. The lowest BCUT2D eigenvalue weighted by atomic mass is 10.0. The van der Waals surface area contributed by atoms with Gasteiger partial charge in [-0.15, -0.1) is 0 Å². The standard InChI is InChI=1S/C22H19N3O2/c1-2-27-19-13-7-9-15(20(19)26)22-23-16-10-4-3-8-14(16)21-24-17-11-5-6-12-18(17)25(21)22/h3-13,22-23,26H,2H2,1H3/t22-/m1/s1. The molecule has 5 heteroatoms. The van der Waals surface area contributed by atoms with E-state index in [1.54, 1.807) is 6.07 Å². The molecule has 4 aromatic rings. The fraction of sp³-hybridized carbons (Fsp3) is 0.136. The number of nitrogens with zero attached hydrogens (tertiary/aromatic N) is 2. The molecule has 0 spiro atoms. The van der Waals surface area contributed by atoms with E-state index in [2.05, 4.69) is 22.0 Å². The van der Waals surface area contributed by atoms with Crippen LogP contribution in [0.5, 0.6) is 11.5 Å². The third kappa shape index (κ3) is 2.35. The normalized spacial score (nSPS) is 15.1. The molecule has 2 heterocycles. The van der Waals surface area contributed by atoms with Crippen molar-refractivity contribution in [3.63, 3.8) is 0 Å². The number of hydrogen-bond donors (Lipinski definition) is 2. The lowest BCUT2D eigenvalue weighted by molar-refractivity contribution is 0.315. The SMILES string of the molecule is CCOc1cccc([C@@H]2Nc3ccccc3-c3nc4ccccc4n32)c1O. The number of rotatable bonds is 3. The van der Waals surface area contributed by atoms with Crippen LogP contribution in [0, 0.1) is 0 Å². The molecule has 3 aromatic carbocycles. The third-order valence-electron chi connectivity index (χ3n) is 4.94. The first kappa shape index (κ1) is 15.8. The summed E-state index contributed by atoms with van der Waals surface area (Å²) >= 11 is 0. The van der Waals surface area contributed by atoms with Crippen molar-refractivity contribution in [1.82, 2.24) is 9.55 Å². The second kappa shape index (κ2) is 6.06. The van der Waals surface area contributed by atoms with E-state index in [1.807, 2.05) is 55.5 Å². The van der Waals surface area contributed by atoms with E-state index in [9.17, 15) is 5.11 Å². The summed E-state index contributed by atoms with van der Waals surface area (Å²) in [6.45, 7) is 2.40. The average molecular weight is 357 g/mol. The molecule has 27 heavy (non-hydrogen) atoms. The molecule has 1 atom stereocenters. The molecule has 134 valence electrons. The summed E-state index contributed by atoms with van der Waals surface area (Å²) in [7, 11) is 0. The van der Waals surface area contributed by atoms with E-state index in [0.29, 0.717) is 12.4 Å². The van der Waals surface area contributed by atoms with Crippen molar-refractivity contribution in [2.24, 2.45) is 0 Å². The maximum absolute atomic E-state index is 10.9. The Morgan fingerprint density at radius 1 is 1.04 bits per heavy atom. The van der Waals surface area contributed by atoms with Gasteiger partial charge >= 0.3 is 0 Å². The van der Waals surface area contributed by atoms with Gasteiger partial charge in [0.05, 0.1) is 17.6 Å². The summed E-state index contributed by atoms with van der Waals surface area (Å²) in [5.74, 6) is 1.53. The fourth-order valence-electron chi connectivity index (χ4n) is 3.76. The van der Waals surface area contributed by atoms with E-state index < -0.39 is 0 Å². The minimum absolute atomic E-state index is 0.153. The maximum Gasteiger partial charge on any atom is 0.164 e. The van der Waals surface area contributed by atoms with Gasteiger partial charge in [-0.05, 0) is 37.3 Å². The fourth-order valence-corrected chi connectivity index (χ4v) is 3.76. The average Bonchev–Trinajstić information content (AvgIpc) is 3.09. The van der Waals surface area contributed by atoms with Crippen LogP contribution in [0.3, 0.4) is 0 Å². The van der Waals surface area contributed by atoms with Gasteiger partial charge in [0.1, 0.15) is 12.0 Å². The van der Waals surface area contributed by atoms with Gasteiger partial charge in [-0.2, -0.15) is 0 Å². The molecule has 0 amide bonds. The minimum Gasteiger partial charge on any atom is -0.504 e. The molecule has 1 aliphatic rings. The van der Waals surface area contributed by atoms with Crippen LogP contribution in [-0.4, -0.2) is 21.3 Å². The van der Waals surface area contributed by atoms with Gasteiger partial charge in [-0.25, -0.2) is 4.98 Å². The quantitative estimate of drug-likeness (QED) is 0.554. The molecular formula is C22H19N3O2. The van der Waals surface area contributed by atoms with Gasteiger partial charge in [0, 0.05) is 16.8 Å². The van der Waals surface area contributed by atoms with Crippen LogP contribution in [0.1, 0.15) is 18.7 Å². The van der Waals surface area contributed by atoms with E-state index >= 15 is 0 Å². The number of benzene rings is 3. The van der Waals surface area contributed by atoms with Gasteiger partial charge < -0.3 is 15.2 Å². The highest BCUT2D eigenvalue weighted by Gasteiger charge is 2.30. The van der Waals surface area contributed by atoms with E-state index in [4.69, 9.17) is 9.72 Å². The number of phenolic OH excluding ortho intramolecular Hbond substituents is 1. The summed E-state index contributed by atoms with van der Waals surface area (Å²) in [4.78, 5) is 4.87. The van der Waals surface area contributed by atoms with Gasteiger partial charge in [-0.1, -0.05) is 36.4 Å². The predicted molar refractivity (Wildman–Crippen MR) is 106 cm³/mol. The van der Waals surface area contributed by atoms with Crippen molar-refractivity contribution in [2.75, 3.05) is 11.9 Å². The first-order valence-corrected chi connectivity index (χ1v) is 9.05. The number of para-hydroxylation sites is 4. The smallest absolute Gasteiger partial charge is 0.164 e. The molecule has 2 N–H and O–H groups in total. The zero-order valence-electron chi connectivity index (χ0n) is 14.9. The molecule has 5 rings (SSSR count). The highest BCUT2D eigenvalue weighted by atomic mass is 16.5. The lowest BCUT2D eigenvalue weighted by Gasteiger charge is -2.31. The van der Waals surface area contributed by atoms with Crippen molar-refractivity contribution < 1.29 is 9.84 Å². The monoisotopic (exact) mass is 357 g/mol. The number of phenols is 1. The zero-order valence-corrected chi connectivity index (χ0v) is 14.9. The topological polar surface area (TPSA) is 59.3 Å². The summed E-state index contributed by atoms with van der Waals surface area (Å²) in [6, 6.07) is 21.8. The van der Waals surface area contributed by atoms with Crippen LogP contribution in [0.25, 0.3) is 22.4 Å². The summed E-state index contributed by atoms with van der Waals surface area (Å²) in [5.41, 5.74) is 4.73. The zero-order chi connectivity index (χ0) is 18.4. The van der Waals surface area contributed by atoms with Gasteiger partial charge in [-0.3, -0.25) is 4.57 Å². The minimum atomic E-state index is -0.289. The molecular weight excluding hydrogens is 338 g/mol. The van der Waals surface area contributed by atoms with Crippen molar-refractivity contribution in [1.29, 1.82) is 0 Å². The Kier molecular flexibility index (Phi) is 3.53. The highest BCUT2D eigenvalue weighted by Crippen LogP contribution is 2.44. The molecule has 0 saturated heterocycles. The van der Waals surface area contributed by atoms with E-state index in [0.717, 1.165) is 33.7 Å². The first-order chi connectivity index (χ1) is 13.3. The van der Waals surface area contributed by atoms with Crippen LogP contribution in [-0.2, 0) is 0 Å². The van der Waals surface area contributed by atoms with Crippen LogP contribution >= 0.6 is 0 Å². The number of hydrogen-bond acceptors (Lipinski definition) is 4. The predicted octanol–water partition coefficient (Wildman–Crippen LogP) is 4.78. The second-order valence-corrected chi connectivity index (χ2v) is 6.51.